The van der Waals surface area contributed by atoms with Crippen molar-refractivity contribution in [3.63, 3.8) is 0 Å². The standard InChI is InChI=1S/C13H17NO2/c1-3-14-12(10-13(15)16-4-2)11-8-6-5-7-9-11/h5-10,14H,3-4H2,1-2H3/b12-10-. The number of nitrogens with one attached hydrogen (secondary N) is 1. The molecule has 0 atom stereocenters. The van der Waals surface area contributed by atoms with Crippen LogP contribution >= 0.6 is 0 Å². The minimum Gasteiger partial charge on any atom is -0.463 e. The van der Waals surface area contributed by atoms with Gasteiger partial charge in [0.25, 0.3) is 0 Å². The monoisotopic (exact) mass is 219 g/mol. The van der Waals surface area contributed by atoms with Crippen molar-refractivity contribution in [2.45, 2.75) is 13.8 Å². The van der Waals surface area contributed by atoms with Crippen molar-refractivity contribution in [1.82, 2.24) is 5.32 Å². The molecular weight excluding hydrogens is 202 g/mol. The van der Waals surface area contributed by atoms with E-state index in [2.05, 4.69) is 5.32 Å². The van der Waals surface area contributed by atoms with E-state index in [1.165, 1.54) is 6.08 Å². The lowest BCUT2D eigenvalue weighted by Gasteiger charge is -2.08. The summed E-state index contributed by atoms with van der Waals surface area (Å²) in [4.78, 5) is 11.4. The van der Waals surface area contributed by atoms with Crippen LogP contribution < -0.4 is 5.32 Å². The lowest BCUT2D eigenvalue weighted by molar-refractivity contribution is -0.137. The van der Waals surface area contributed by atoms with Crippen LogP contribution in [0.1, 0.15) is 19.4 Å². The molecule has 0 unspecified atom stereocenters. The van der Waals surface area contributed by atoms with Crippen LogP contribution in [0.15, 0.2) is 36.4 Å². The van der Waals surface area contributed by atoms with Crippen LogP contribution in [0.3, 0.4) is 0 Å². The van der Waals surface area contributed by atoms with Crippen molar-refractivity contribution in [1.29, 1.82) is 0 Å². The minimum atomic E-state index is -0.317. The Morgan fingerprint density at radius 2 is 2.00 bits per heavy atom. The quantitative estimate of drug-likeness (QED) is 0.609. The van der Waals surface area contributed by atoms with Gasteiger partial charge < -0.3 is 10.1 Å². The highest BCUT2D eigenvalue weighted by atomic mass is 16.5. The van der Waals surface area contributed by atoms with Crippen LogP contribution in [0.2, 0.25) is 0 Å². The van der Waals surface area contributed by atoms with Crippen molar-refractivity contribution in [2.24, 2.45) is 0 Å². The van der Waals surface area contributed by atoms with Gasteiger partial charge in [0, 0.05) is 18.3 Å². The molecule has 0 aliphatic rings. The summed E-state index contributed by atoms with van der Waals surface area (Å²) in [5, 5.41) is 3.15. The highest BCUT2D eigenvalue weighted by Crippen LogP contribution is 2.10. The summed E-state index contributed by atoms with van der Waals surface area (Å²) in [7, 11) is 0. The van der Waals surface area contributed by atoms with E-state index < -0.39 is 0 Å². The third kappa shape index (κ3) is 3.77. The van der Waals surface area contributed by atoms with Crippen molar-refractivity contribution < 1.29 is 9.53 Å². The zero-order valence-electron chi connectivity index (χ0n) is 9.69. The van der Waals surface area contributed by atoms with Crippen LogP contribution in [0.4, 0.5) is 0 Å². The van der Waals surface area contributed by atoms with E-state index in [4.69, 9.17) is 4.74 Å². The van der Waals surface area contributed by atoms with Gasteiger partial charge in [-0.1, -0.05) is 30.3 Å². The average molecular weight is 219 g/mol. The molecule has 0 fully saturated rings. The Kier molecular flexibility index (Phi) is 5.12. The van der Waals surface area contributed by atoms with Crippen LogP contribution in [0.5, 0.6) is 0 Å². The molecule has 3 heteroatoms. The lowest BCUT2D eigenvalue weighted by Crippen LogP contribution is -2.13. The van der Waals surface area contributed by atoms with Gasteiger partial charge in [-0.25, -0.2) is 4.79 Å². The summed E-state index contributed by atoms with van der Waals surface area (Å²) < 4.78 is 4.88. The maximum absolute atomic E-state index is 11.4. The highest BCUT2D eigenvalue weighted by molar-refractivity contribution is 5.90. The molecule has 0 saturated carbocycles. The van der Waals surface area contributed by atoms with Crippen molar-refractivity contribution in [3.05, 3.63) is 42.0 Å². The second-order valence-electron chi connectivity index (χ2n) is 3.21. The fraction of sp³-hybridized carbons (Fsp3) is 0.308. The fourth-order valence-electron chi connectivity index (χ4n) is 1.35. The van der Waals surface area contributed by atoms with E-state index in [-0.39, 0.29) is 5.97 Å². The number of carbonyl (C=O) groups is 1. The third-order valence-corrected chi connectivity index (χ3v) is 2.00. The summed E-state index contributed by atoms with van der Waals surface area (Å²) in [6.45, 7) is 4.94. The predicted molar refractivity (Wildman–Crippen MR) is 64.7 cm³/mol. The zero-order valence-corrected chi connectivity index (χ0v) is 9.69. The van der Waals surface area contributed by atoms with Gasteiger partial charge in [0.05, 0.1) is 6.61 Å². The Labute approximate surface area is 96.1 Å². The van der Waals surface area contributed by atoms with Crippen LogP contribution in [-0.4, -0.2) is 19.1 Å². The van der Waals surface area contributed by atoms with E-state index in [0.717, 1.165) is 17.8 Å². The maximum Gasteiger partial charge on any atom is 0.332 e. The molecule has 0 aromatic heterocycles. The zero-order chi connectivity index (χ0) is 11.8. The number of ether oxygens (including phenoxy) is 1. The average Bonchev–Trinajstić information content (AvgIpc) is 2.30. The molecule has 0 saturated heterocycles. The Morgan fingerprint density at radius 3 is 2.56 bits per heavy atom. The van der Waals surface area contributed by atoms with Gasteiger partial charge in [0.2, 0.25) is 0 Å². The normalized spacial score (nSPS) is 11.0. The van der Waals surface area contributed by atoms with E-state index in [9.17, 15) is 4.79 Å². The number of rotatable bonds is 5. The Hall–Kier alpha value is -1.77. The highest BCUT2D eigenvalue weighted by Gasteiger charge is 2.03. The molecule has 0 spiro atoms. The molecule has 1 aromatic rings. The first-order valence-corrected chi connectivity index (χ1v) is 5.45. The summed E-state index contributed by atoms with van der Waals surface area (Å²) in [6.07, 6.45) is 1.49. The largest absolute Gasteiger partial charge is 0.463 e. The minimum absolute atomic E-state index is 0.317. The van der Waals surface area contributed by atoms with E-state index in [1.807, 2.05) is 37.3 Å². The number of hydrogen-bond donors (Lipinski definition) is 1. The van der Waals surface area contributed by atoms with E-state index in [1.54, 1.807) is 6.92 Å². The van der Waals surface area contributed by atoms with Gasteiger partial charge in [-0.3, -0.25) is 0 Å². The first kappa shape index (κ1) is 12.3. The molecule has 1 aromatic carbocycles. The molecule has 0 radical (unpaired) electrons. The molecule has 1 N–H and O–H groups in total. The second-order valence-corrected chi connectivity index (χ2v) is 3.21. The third-order valence-electron chi connectivity index (χ3n) is 2.00. The van der Waals surface area contributed by atoms with Gasteiger partial charge in [0.1, 0.15) is 0 Å². The Balaban J connectivity index is 2.86. The summed E-state index contributed by atoms with van der Waals surface area (Å²) >= 11 is 0. The second kappa shape index (κ2) is 6.67. The van der Waals surface area contributed by atoms with Crippen LogP contribution in [0, 0.1) is 0 Å². The molecule has 3 nitrogen and oxygen atoms in total. The number of esters is 1. The predicted octanol–water partition coefficient (Wildman–Crippen LogP) is 2.20. The molecule has 0 aliphatic heterocycles. The molecule has 1 rings (SSSR count). The fourth-order valence-corrected chi connectivity index (χ4v) is 1.35. The maximum atomic E-state index is 11.4. The first-order chi connectivity index (χ1) is 7.77. The molecule has 86 valence electrons. The summed E-state index contributed by atoms with van der Waals surface area (Å²) in [6, 6.07) is 9.72. The number of benzene rings is 1. The van der Waals surface area contributed by atoms with Crippen LogP contribution in [-0.2, 0) is 9.53 Å². The van der Waals surface area contributed by atoms with Crippen molar-refractivity contribution in [2.75, 3.05) is 13.2 Å². The van der Waals surface area contributed by atoms with E-state index in [0.29, 0.717) is 6.61 Å². The van der Waals surface area contributed by atoms with Crippen molar-refractivity contribution >= 4 is 11.7 Å². The topological polar surface area (TPSA) is 38.3 Å². The van der Waals surface area contributed by atoms with Gasteiger partial charge in [0.15, 0.2) is 0 Å². The lowest BCUT2D eigenvalue weighted by atomic mass is 10.1. The van der Waals surface area contributed by atoms with Gasteiger partial charge in [-0.05, 0) is 19.4 Å². The van der Waals surface area contributed by atoms with Gasteiger partial charge >= 0.3 is 5.97 Å². The van der Waals surface area contributed by atoms with E-state index >= 15 is 0 Å². The summed E-state index contributed by atoms with van der Waals surface area (Å²) in [5.41, 5.74) is 1.78. The molecular formula is C13H17NO2. The van der Waals surface area contributed by atoms with Crippen molar-refractivity contribution in [3.8, 4) is 0 Å². The molecule has 0 bridgehead atoms. The number of hydrogen-bond acceptors (Lipinski definition) is 3. The van der Waals surface area contributed by atoms with Gasteiger partial charge in [-0.15, -0.1) is 0 Å². The molecule has 0 amide bonds. The molecule has 0 heterocycles. The first-order valence-electron chi connectivity index (χ1n) is 5.45. The molecule has 0 aliphatic carbocycles. The van der Waals surface area contributed by atoms with Crippen LogP contribution in [0.25, 0.3) is 5.70 Å². The van der Waals surface area contributed by atoms with Gasteiger partial charge in [-0.2, -0.15) is 0 Å². The smallest absolute Gasteiger partial charge is 0.332 e. The Bertz CT molecular complexity index is 357. The number of carbonyl (C=O) groups excluding carboxylic acids is 1. The summed E-state index contributed by atoms with van der Waals surface area (Å²) in [5.74, 6) is -0.317. The molecule has 16 heavy (non-hydrogen) atoms. The SMILES string of the molecule is CCN/C(=C\C(=O)OCC)c1ccccc1. The Morgan fingerprint density at radius 1 is 1.31 bits per heavy atom.